The molecule has 0 aliphatic heterocycles. The fraction of sp³-hybridized carbons (Fsp3) is 0. The Hall–Kier alpha value is -0.360. The zero-order chi connectivity index (χ0) is 7.84. The van der Waals surface area contributed by atoms with Crippen molar-refractivity contribution in [3.8, 4) is 0 Å². The van der Waals surface area contributed by atoms with Crippen molar-refractivity contribution in [2.75, 3.05) is 0 Å². The van der Waals surface area contributed by atoms with Crippen LogP contribution in [-0.4, -0.2) is 14.6 Å². The minimum atomic E-state index is 0.268. The van der Waals surface area contributed by atoms with Crippen LogP contribution in [0.15, 0.2) is 18.5 Å². The number of hydrogen-bond acceptors (Lipinski definition) is 2. The summed E-state index contributed by atoms with van der Waals surface area (Å²) in [6.07, 6.45) is 3.56. The molecule has 0 spiro atoms. The van der Waals surface area contributed by atoms with E-state index in [0.717, 1.165) is 9.09 Å². The molecule has 0 unspecified atom stereocenters. The second kappa shape index (κ2) is 2.60. The number of halogens is 2. The molecule has 0 atom stereocenters. The van der Waals surface area contributed by atoms with Gasteiger partial charge >= 0.3 is 0 Å². The molecule has 0 aliphatic rings. The average Bonchev–Trinajstić information content (AvgIpc) is 2.32. The zero-order valence-electron chi connectivity index (χ0n) is 5.33. The predicted molar refractivity (Wildman–Crippen MR) is 50.7 cm³/mol. The van der Waals surface area contributed by atoms with Gasteiger partial charge in [0, 0.05) is 9.77 Å². The molecule has 11 heavy (non-hydrogen) atoms. The van der Waals surface area contributed by atoms with Gasteiger partial charge < -0.3 is 0 Å². The van der Waals surface area contributed by atoms with Crippen LogP contribution in [0.2, 0.25) is 5.28 Å². The summed E-state index contributed by atoms with van der Waals surface area (Å²) in [5.74, 6) is 0. The van der Waals surface area contributed by atoms with Crippen LogP contribution >= 0.6 is 34.2 Å². The highest BCUT2D eigenvalue weighted by Crippen LogP contribution is 2.13. The summed E-state index contributed by atoms with van der Waals surface area (Å²) in [5.41, 5.74) is 0.981. The van der Waals surface area contributed by atoms with Crippen molar-refractivity contribution in [1.29, 1.82) is 0 Å². The van der Waals surface area contributed by atoms with Gasteiger partial charge in [0.25, 0.3) is 0 Å². The molecule has 0 radical (unpaired) electrons. The quantitative estimate of drug-likeness (QED) is 0.690. The average molecular weight is 279 g/mol. The van der Waals surface area contributed by atoms with Crippen molar-refractivity contribution in [2.24, 2.45) is 0 Å². The van der Waals surface area contributed by atoms with E-state index in [9.17, 15) is 0 Å². The maximum atomic E-state index is 5.58. The van der Waals surface area contributed by atoms with Crippen LogP contribution in [0.3, 0.4) is 0 Å². The molecule has 0 saturated heterocycles. The standard InChI is InChI=1S/C6H3ClIN3/c7-6-9-3-5-4(8)1-2-11(5)10-6/h1-3H. The lowest BCUT2D eigenvalue weighted by molar-refractivity contribution is 0.903. The Morgan fingerprint density at radius 3 is 3.18 bits per heavy atom. The third-order valence-electron chi connectivity index (χ3n) is 1.34. The summed E-state index contributed by atoms with van der Waals surface area (Å²) in [7, 11) is 0. The van der Waals surface area contributed by atoms with Gasteiger partial charge in [-0.1, -0.05) is 0 Å². The molecule has 2 heterocycles. The Kier molecular flexibility index (Phi) is 1.72. The minimum absolute atomic E-state index is 0.268. The van der Waals surface area contributed by atoms with E-state index in [1.54, 1.807) is 10.7 Å². The SMILES string of the molecule is Clc1ncc2c(I)ccn2n1. The molecule has 2 aromatic heterocycles. The van der Waals surface area contributed by atoms with Gasteiger partial charge in [-0.2, -0.15) is 0 Å². The first-order chi connectivity index (χ1) is 5.27. The van der Waals surface area contributed by atoms with Crippen molar-refractivity contribution in [2.45, 2.75) is 0 Å². The summed E-state index contributed by atoms with van der Waals surface area (Å²) in [4.78, 5) is 3.87. The normalized spacial score (nSPS) is 10.7. The molecule has 0 aliphatic carbocycles. The monoisotopic (exact) mass is 279 g/mol. The van der Waals surface area contributed by atoms with Gasteiger partial charge in [-0.3, -0.25) is 0 Å². The van der Waals surface area contributed by atoms with Crippen LogP contribution in [0, 0.1) is 3.57 Å². The maximum absolute atomic E-state index is 5.58. The number of aromatic nitrogens is 3. The Labute approximate surface area is 81.5 Å². The minimum Gasteiger partial charge on any atom is -0.235 e. The van der Waals surface area contributed by atoms with Crippen LogP contribution in [0.1, 0.15) is 0 Å². The fourth-order valence-corrected chi connectivity index (χ4v) is 1.53. The molecule has 0 fully saturated rings. The molecular formula is C6H3ClIN3. The van der Waals surface area contributed by atoms with Crippen molar-refractivity contribution in [1.82, 2.24) is 14.6 Å². The first-order valence-electron chi connectivity index (χ1n) is 2.93. The molecule has 0 aromatic carbocycles. The van der Waals surface area contributed by atoms with Gasteiger partial charge in [-0.05, 0) is 40.3 Å². The number of nitrogens with zero attached hydrogens (tertiary/aromatic N) is 3. The predicted octanol–water partition coefficient (Wildman–Crippen LogP) is 1.99. The van der Waals surface area contributed by atoms with Crippen molar-refractivity contribution in [3.63, 3.8) is 0 Å². The second-order valence-corrected chi connectivity index (χ2v) is 3.52. The number of rotatable bonds is 0. The van der Waals surface area contributed by atoms with Crippen LogP contribution in [0.25, 0.3) is 5.52 Å². The second-order valence-electron chi connectivity index (χ2n) is 2.02. The zero-order valence-corrected chi connectivity index (χ0v) is 8.24. The molecule has 56 valence electrons. The summed E-state index contributed by atoms with van der Waals surface area (Å²) in [6, 6.07) is 1.96. The molecule has 2 aromatic rings. The first-order valence-corrected chi connectivity index (χ1v) is 4.38. The third-order valence-corrected chi connectivity index (χ3v) is 2.42. The van der Waals surface area contributed by atoms with Crippen molar-refractivity contribution >= 4 is 39.7 Å². The van der Waals surface area contributed by atoms with Gasteiger partial charge in [0.1, 0.15) is 0 Å². The molecule has 5 heteroatoms. The van der Waals surface area contributed by atoms with E-state index in [-0.39, 0.29) is 5.28 Å². The van der Waals surface area contributed by atoms with Crippen LogP contribution in [0.4, 0.5) is 0 Å². The van der Waals surface area contributed by atoms with Gasteiger partial charge in [0.15, 0.2) is 0 Å². The lowest BCUT2D eigenvalue weighted by atomic mass is 10.5. The molecular weight excluding hydrogens is 276 g/mol. The van der Waals surface area contributed by atoms with E-state index in [4.69, 9.17) is 11.6 Å². The maximum Gasteiger partial charge on any atom is 0.241 e. The Bertz CT molecular complexity index is 398. The molecule has 0 bridgehead atoms. The number of hydrogen-bond donors (Lipinski definition) is 0. The Morgan fingerprint density at radius 2 is 2.36 bits per heavy atom. The summed E-state index contributed by atoms with van der Waals surface area (Å²) in [6.45, 7) is 0. The lowest BCUT2D eigenvalue weighted by Crippen LogP contribution is -1.91. The van der Waals surface area contributed by atoms with Gasteiger partial charge in [0.2, 0.25) is 5.28 Å². The van der Waals surface area contributed by atoms with E-state index in [0.29, 0.717) is 0 Å². The molecule has 0 amide bonds. The number of fused-ring (bicyclic) bond motifs is 1. The fourth-order valence-electron chi connectivity index (χ4n) is 0.848. The first kappa shape index (κ1) is 7.30. The summed E-state index contributed by atoms with van der Waals surface area (Å²) >= 11 is 7.80. The molecule has 3 nitrogen and oxygen atoms in total. The largest absolute Gasteiger partial charge is 0.241 e. The molecule has 0 N–H and O–H groups in total. The van der Waals surface area contributed by atoms with E-state index in [1.807, 2.05) is 12.3 Å². The smallest absolute Gasteiger partial charge is 0.235 e. The Morgan fingerprint density at radius 1 is 1.55 bits per heavy atom. The highest BCUT2D eigenvalue weighted by atomic mass is 127. The van der Waals surface area contributed by atoms with Gasteiger partial charge in [-0.25, -0.2) is 9.50 Å². The van der Waals surface area contributed by atoms with Crippen molar-refractivity contribution < 1.29 is 0 Å². The van der Waals surface area contributed by atoms with Crippen molar-refractivity contribution in [3.05, 3.63) is 27.3 Å². The summed E-state index contributed by atoms with van der Waals surface area (Å²) < 4.78 is 2.83. The van der Waals surface area contributed by atoms with E-state index in [2.05, 4.69) is 32.7 Å². The van der Waals surface area contributed by atoms with Crippen LogP contribution < -0.4 is 0 Å². The lowest BCUT2D eigenvalue weighted by Gasteiger charge is -1.92. The van der Waals surface area contributed by atoms with Crippen LogP contribution in [-0.2, 0) is 0 Å². The van der Waals surface area contributed by atoms with E-state index >= 15 is 0 Å². The Balaban J connectivity index is 2.86. The van der Waals surface area contributed by atoms with E-state index in [1.165, 1.54) is 0 Å². The molecule has 0 saturated carbocycles. The van der Waals surface area contributed by atoms with Gasteiger partial charge in [-0.15, -0.1) is 5.10 Å². The molecule has 2 rings (SSSR count). The topological polar surface area (TPSA) is 30.2 Å². The summed E-state index contributed by atoms with van der Waals surface area (Å²) in [5, 5.41) is 4.23. The van der Waals surface area contributed by atoms with E-state index < -0.39 is 0 Å². The highest BCUT2D eigenvalue weighted by molar-refractivity contribution is 14.1. The third kappa shape index (κ3) is 1.20. The van der Waals surface area contributed by atoms with Gasteiger partial charge in [0.05, 0.1) is 11.7 Å². The van der Waals surface area contributed by atoms with Crippen LogP contribution in [0.5, 0.6) is 0 Å². The highest BCUT2D eigenvalue weighted by Gasteiger charge is 1.99.